The Balaban J connectivity index is 2.70. The minimum Gasteiger partial charge on any atom is -0.480 e. The van der Waals surface area contributed by atoms with Gasteiger partial charge in [0.2, 0.25) is 5.91 Å². The number of carboxylic acids is 1. The van der Waals surface area contributed by atoms with E-state index in [1.807, 2.05) is 0 Å². The molecule has 3 N–H and O–H groups in total. The average Bonchev–Trinajstić information content (AvgIpc) is 2.58. The van der Waals surface area contributed by atoms with Crippen molar-refractivity contribution in [3.05, 3.63) is 0 Å². The van der Waals surface area contributed by atoms with Crippen LogP contribution in [0.2, 0.25) is 0 Å². The molecule has 0 aliphatic carbocycles. The number of nitrogens with zero attached hydrogens (tertiary/aromatic N) is 1. The largest absolute Gasteiger partial charge is 0.480 e. The van der Waals surface area contributed by atoms with E-state index in [1.54, 1.807) is 11.8 Å². The number of primary amides is 1. The smallest absolute Gasteiger partial charge is 0.323 e. The second-order valence-electron chi connectivity index (χ2n) is 4.45. The molecule has 92 valence electrons. The van der Waals surface area contributed by atoms with Crippen molar-refractivity contribution in [3.63, 3.8) is 0 Å². The summed E-state index contributed by atoms with van der Waals surface area (Å²) in [5.41, 5.74) is 4.68. The van der Waals surface area contributed by atoms with Crippen molar-refractivity contribution in [2.75, 3.05) is 26.8 Å². The molecular formula is C10H18N2O4. The van der Waals surface area contributed by atoms with Crippen LogP contribution in [0.15, 0.2) is 0 Å². The van der Waals surface area contributed by atoms with Crippen molar-refractivity contribution in [2.45, 2.75) is 19.4 Å². The van der Waals surface area contributed by atoms with Crippen molar-refractivity contribution < 1.29 is 19.4 Å². The summed E-state index contributed by atoms with van der Waals surface area (Å²) >= 11 is 0. The van der Waals surface area contributed by atoms with Crippen LogP contribution in [0.5, 0.6) is 0 Å². The molecule has 2 unspecified atom stereocenters. The van der Waals surface area contributed by atoms with Crippen LogP contribution in [-0.2, 0) is 14.3 Å². The van der Waals surface area contributed by atoms with Gasteiger partial charge in [-0.25, -0.2) is 0 Å². The quantitative estimate of drug-likeness (QED) is 0.650. The first-order valence-electron chi connectivity index (χ1n) is 5.16. The summed E-state index contributed by atoms with van der Waals surface area (Å²) < 4.78 is 4.87. The van der Waals surface area contributed by atoms with Gasteiger partial charge in [0.25, 0.3) is 0 Å². The number of carboxylic acid groups (broad SMARTS) is 1. The maximum Gasteiger partial charge on any atom is 0.323 e. The van der Waals surface area contributed by atoms with Gasteiger partial charge in [-0.05, 0) is 13.3 Å². The Labute approximate surface area is 94.3 Å². The van der Waals surface area contributed by atoms with Gasteiger partial charge in [-0.2, -0.15) is 0 Å². The highest BCUT2D eigenvalue weighted by Gasteiger charge is 2.42. The molecule has 1 fully saturated rings. The second kappa shape index (κ2) is 4.80. The number of aliphatic carboxylic acids is 1. The Morgan fingerprint density at radius 1 is 1.62 bits per heavy atom. The third-order valence-corrected chi connectivity index (χ3v) is 3.15. The molecule has 0 aromatic rings. The van der Waals surface area contributed by atoms with E-state index in [0.717, 1.165) is 0 Å². The molecule has 1 heterocycles. The topological polar surface area (TPSA) is 92.9 Å². The molecule has 0 radical (unpaired) electrons. The number of hydrogen-bond acceptors (Lipinski definition) is 4. The zero-order valence-corrected chi connectivity index (χ0v) is 9.60. The first kappa shape index (κ1) is 12.9. The molecular weight excluding hydrogens is 212 g/mol. The van der Waals surface area contributed by atoms with Crippen molar-refractivity contribution in [1.82, 2.24) is 4.90 Å². The van der Waals surface area contributed by atoms with E-state index in [4.69, 9.17) is 15.6 Å². The molecule has 1 aliphatic heterocycles. The Hall–Kier alpha value is -1.14. The lowest BCUT2D eigenvalue weighted by molar-refractivity contribution is -0.145. The van der Waals surface area contributed by atoms with Crippen LogP contribution in [0.3, 0.4) is 0 Å². The number of rotatable bonds is 5. The van der Waals surface area contributed by atoms with Gasteiger partial charge in [-0.15, -0.1) is 0 Å². The van der Waals surface area contributed by atoms with Crippen molar-refractivity contribution in [2.24, 2.45) is 11.1 Å². The molecule has 2 atom stereocenters. The van der Waals surface area contributed by atoms with Crippen molar-refractivity contribution >= 4 is 11.9 Å². The van der Waals surface area contributed by atoms with Gasteiger partial charge >= 0.3 is 5.97 Å². The lowest BCUT2D eigenvalue weighted by atomic mass is 9.89. The third kappa shape index (κ3) is 2.51. The predicted molar refractivity (Wildman–Crippen MR) is 56.8 cm³/mol. The molecule has 6 heteroatoms. The van der Waals surface area contributed by atoms with Gasteiger partial charge in [0.1, 0.15) is 6.04 Å². The Bertz CT molecular complexity index is 295. The highest BCUT2D eigenvalue weighted by atomic mass is 16.5. The van der Waals surface area contributed by atoms with E-state index < -0.39 is 17.4 Å². The lowest BCUT2D eigenvalue weighted by Crippen LogP contribution is -2.45. The number of carbonyl (C=O) groups is 2. The molecule has 16 heavy (non-hydrogen) atoms. The molecule has 0 aromatic heterocycles. The normalized spacial score (nSPS) is 27.9. The van der Waals surface area contributed by atoms with Crippen LogP contribution in [-0.4, -0.2) is 54.7 Å². The number of ether oxygens (including phenoxy) is 1. The summed E-state index contributed by atoms with van der Waals surface area (Å²) in [7, 11) is 1.46. The average molecular weight is 230 g/mol. The van der Waals surface area contributed by atoms with Crippen LogP contribution in [0.4, 0.5) is 0 Å². The van der Waals surface area contributed by atoms with Crippen LogP contribution in [0, 0.1) is 5.41 Å². The Kier molecular flexibility index (Phi) is 3.88. The Morgan fingerprint density at radius 3 is 2.62 bits per heavy atom. The van der Waals surface area contributed by atoms with Gasteiger partial charge in [0.05, 0.1) is 12.0 Å². The molecule has 1 amide bonds. The highest BCUT2D eigenvalue weighted by Crippen LogP contribution is 2.30. The molecule has 1 rings (SSSR count). The fourth-order valence-electron chi connectivity index (χ4n) is 1.95. The van der Waals surface area contributed by atoms with Gasteiger partial charge in [-0.3, -0.25) is 14.5 Å². The summed E-state index contributed by atoms with van der Waals surface area (Å²) in [5, 5.41) is 9.04. The Morgan fingerprint density at radius 2 is 2.25 bits per heavy atom. The molecule has 0 bridgehead atoms. The number of nitrogens with two attached hydrogens (primary N) is 1. The number of methoxy groups -OCH3 is 1. The number of likely N-dealkylation sites (tertiary alicyclic amines) is 1. The fourth-order valence-corrected chi connectivity index (χ4v) is 1.95. The predicted octanol–water partition coefficient (Wildman–Crippen LogP) is -0.717. The number of amides is 1. The molecule has 6 nitrogen and oxygen atoms in total. The summed E-state index contributed by atoms with van der Waals surface area (Å²) in [6.45, 7) is 2.81. The third-order valence-electron chi connectivity index (χ3n) is 3.15. The summed E-state index contributed by atoms with van der Waals surface area (Å²) in [6.07, 6.45) is 0.593. The molecule has 1 saturated heterocycles. The van der Waals surface area contributed by atoms with Crippen molar-refractivity contribution in [1.29, 1.82) is 0 Å². The van der Waals surface area contributed by atoms with Crippen LogP contribution >= 0.6 is 0 Å². The SMILES string of the molecule is COCC(C(=O)O)N1CCC(C)(C(N)=O)C1. The molecule has 1 aliphatic rings. The fraction of sp³-hybridized carbons (Fsp3) is 0.800. The van der Waals surface area contributed by atoms with Crippen LogP contribution < -0.4 is 5.73 Å². The highest BCUT2D eigenvalue weighted by molar-refractivity contribution is 5.81. The number of hydrogen-bond donors (Lipinski definition) is 2. The van der Waals surface area contributed by atoms with Gasteiger partial charge in [0, 0.05) is 20.2 Å². The summed E-state index contributed by atoms with van der Waals surface area (Å²) in [5.74, 6) is -1.31. The first-order valence-corrected chi connectivity index (χ1v) is 5.16. The minimum absolute atomic E-state index is 0.115. The van der Waals surface area contributed by atoms with Gasteiger partial charge in [-0.1, -0.05) is 0 Å². The monoisotopic (exact) mass is 230 g/mol. The maximum absolute atomic E-state index is 11.2. The van der Waals surface area contributed by atoms with E-state index in [-0.39, 0.29) is 12.5 Å². The standard InChI is InChI=1S/C10H18N2O4/c1-10(9(11)15)3-4-12(6-10)7(5-16-2)8(13)14/h7H,3-6H2,1-2H3,(H2,11,15)(H,13,14). The zero-order chi connectivity index (χ0) is 12.3. The lowest BCUT2D eigenvalue weighted by Gasteiger charge is -2.25. The maximum atomic E-state index is 11.2. The summed E-state index contributed by atoms with van der Waals surface area (Å²) in [4.78, 5) is 24.0. The van der Waals surface area contributed by atoms with E-state index in [1.165, 1.54) is 7.11 Å². The summed E-state index contributed by atoms with van der Waals surface area (Å²) in [6, 6.07) is -0.703. The molecule has 0 saturated carbocycles. The van der Waals surface area contributed by atoms with Crippen LogP contribution in [0.1, 0.15) is 13.3 Å². The second-order valence-corrected chi connectivity index (χ2v) is 4.45. The van der Waals surface area contributed by atoms with E-state index in [2.05, 4.69) is 0 Å². The minimum atomic E-state index is -0.935. The van der Waals surface area contributed by atoms with Crippen molar-refractivity contribution in [3.8, 4) is 0 Å². The molecule has 0 aromatic carbocycles. The van der Waals surface area contributed by atoms with E-state index in [9.17, 15) is 9.59 Å². The van der Waals surface area contributed by atoms with Crippen LogP contribution in [0.25, 0.3) is 0 Å². The van der Waals surface area contributed by atoms with E-state index in [0.29, 0.717) is 19.5 Å². The van der Waals surface area contributed by atoms with Gasteiger partial charge in [0.15, 0.2) is 0 Å². The van der Waals surface area contributed by atoms with Gasteiger partial charge < -0.3 is 15.6 Å². The zero-order valence-electron chi connectivity index (χ0n) is 9.60. The number of carbonyl (C=O) groups excluding carboxylic acids is 1. The molecule has 0 spiro atoms. The van der Waals surface area contributed by atoms with E-state index >= 15 is 0 Å². The first-order chi connectivity index (χ1) is 7.40.